The van der Waals surface area contributed by atoms with E-state index in [1.807, 2.05) is 16.7 Å². The number of hydrogen-bond donors (Lipinski definition) is 1. The third-order valence-corrected chi connectivity index (χ3v) is 7.66. The van der Waals surface area contributed by atoms with E-state index in [0.29, 0.717) is 12.1 Å². The summed E-state index contributed by atoms with van der Waals surface area (Å²) in [5, 5.41) is 6.49. The first-order valence-electron chi connectivity index (χ1n) is 10.9. The van der Waals surface area contributed by atoms with Crippen LogP contribution in [-0.2, 0) is 0 Å². The number of thiazole rings is 1. The molecule has 0 atom stereocenters. The highest BCUT2D eigenvalue weighted by atomic mass is 32.2. The monoisotopic (exact) mass is 432 g/mol. The lowest BCUT2D eigenvalue weighted by molar-refractivity contribution is 0.0771. The minimum absolute atomic E-state index is 0.189. The van der Waals surface area contributed by atoms with Crippen LogP contribution in [0.2, 0.25) is 0 Å². The highest BCUT2D eigenvalue weighted by Gasteiger charge is 2.28. The molecule has 1 aliphatic heterocycles. The van der Waals surface area contributed by atoms with E-state index in [-0.39, 0.29) is 5.91 Å². The number of rotatable bonds is 5. The summed E-state index contributed by atoms with van der Waals surface area (Å²) in [7, 11) is 0. The Kier molecular flexibility index (Phi) is 6.54. The molecule has 2 aromatic heterocycles. The van der Waals surface area contributed by atoms with Gasteiger partial charge in [-0.1, -0.05) is 19.3 Å². The largest absolute Gasteiger partial charge is 0.359 e. The second kappa shape index (κ2) is 9.13. The van der Waals surface area contributed by atoms with Crippen molar-refractivity contribution in [2.45, 2.75) is 65.0 Å². The Morgan fingerprint density at radius 2 is 1.93 bits per heavy atom. The number of hydrogen-bond acceptors (Lipinski definition) is 5. The van der Waals surface area contributed by atoms with Crippen LogP contribution in [0, 0.1) is 6.92 Å². The Hall–Kier alpha value is -1.47. The Labute approximate surface area is 182 Å². The summed E-state index contributed by atoms with van der Waals surface area (Å²) in [6, 6.07) is 2.94. The van der Waals surface area contributed by atoms with Crippen LogP contribution in [0.15, 0.2) is 11.4 Å². The molecular formula is C22H32N4OS2. The van der Waals surface area contributed by atoms with Gasteiger partial charge >= 0.3 is 0 Å². The van der Waals surface area contributed by atoms with E-state index < -0.39 is 0 Å². The molecule has 1 aliphatic carbocycles. The maximum absolute atomic E-state index is 13.3. The molecule has 158 valence electrons. The molecule has 2 fully saturated rings. The van der Waals surface area contributed by atoms with Crippen LogP contribution in [0.25, 0.3) is 11.4 Å². The number of nitrogens with one attached hydrogen (secondary N) is 1. The maximum atomic E-state index is 13.3. The fraction of sp³-hybridized carbons (Fsp3) is 0.636. The van der Waals surface area contributed by atoms with E-state index in [1.165, 1.54) is 32.1 Å². The quantitative estimate of drug-likeness (QED) is 0.684. The molecule has 4 rings (SSSR count). The third-order valence-electron chi connectivity index (χ3n) is 5.94. The van der Waals surface area contributed by atoms with E-state index >= 15 is 0 Å². The Morgan fingerprint density at radius 3 is 2.62 bits per heavy atom. The number of thioether (sulfide) groups is 1. The van der Waals surface area contributed by atoms with Crippen molar-refractivity contribution in [3.8, 4) is 11.4 Å². The van der Waals surface area contributed by atoms with Crippen molar-refractivity contribution in [1.29, 1.82) is 0 Å². The van der Waals surface area contributed by atoms with Crippen molar-refractivity contribution < 1.29 is 4.79 Å². The lowest BCUT2D eigenvalue weighted by Crippen LogP contribution is -2.38. The van der Waals surface area contributed by atoms with E-state index in [4.69, 9.17) is 4.98 Å². The Bertz CT molecular complexity index is 845. The molecule has 0 radical (unpaired) electrons. The van der Waals surface area contributed by atoms with E-state index in [2.05, 4.69) is 42.1 Å². The van der Waals surface area contributed by atoms with Gasteiger partial charge in [0.05, 0.1) is 17.0 Å². The smallest absolute Gasteiger partial charge is 0.255 e. The maximum Gasteiger partial charge on any atom is 0.255 e. The van der Waals surface area contributed by atoms with E-state index in [0.717, 1.165) is 52.4 Å². The highest BCUT2D eigenvalue weighted by Crippen LogP contribution is 2.37. The molecule has 1 saturated heterocycles. The first-order chi connectivity index (χ1) is 14.0. The predicted octanol–water partition coefficient (Wildman–Crippen LogP) is 5.43. The van der Waals surface area contributed by atoms with Crippen molar-refractivity contribution in [2.75, 3.05) is 29.9 Å². The van der Waals surface area contributed by atoms with Gasteiger partial charge in [-0.2, -0.15) is 11.8 Å². The van der Waals surface area contributed by atoms with Gasteiger partial charge in [-0.05, 0) is 39.7 Å². The number of carbonyl (C=O) groups is 1. The first kappa shape index (κ1) is 20.8. The number of aromatic nitrogens is 2. The molecular weight excluding hydrogens is 400 g/mol. The summed E-state index contributed by atoms with van der Waals surface area (Å²) in [6.45, 7) is 8.09. The van der Waals surface area contributed by atoms with Crippen molar-refractivity contribution in [3.63, 3.8) is 0 Å². The van der Waals surface area contributed by atoms with Crippen molar-refractivity contribution in [1.82, 2.24) is 14.5 Å². The van der Waals surface area contributed by atoms with Gasteiger partial charge in [0.2, 0.25) is 0 Å². The zero-order chi connectivity index (χ0) is 20.4. The molecule has 5 nitrogen and oxygen atoms in total. The van der Waals surface area contributed by atoms with Gasteiger partial charge in [0, 0.05) is 47.8 Å². The lowest BCUT2D eigenvalue weighted by Gasteiger charge is -2.28. The molecule has 0 bridgehead atoms. The average molecular weight is 433 g/mol. The second-order valence-corrected chi connectivity index (χ2v) is 10.5. The third kappa shape index (κ3) is 4.50. The standard InChI is InChI=1S/C22H32N4OS2/c1-15(2)23-22-24-19(14-29-22)20-13-18(21(27)25-9-11-28-12-10-25)16(3)26(20)17-7-5-4-6-8-17/h13-15,17H,4-12H2,1-3H3,(H,23,24). The highest BCUT2D eigenvalue weighted by molar-refractivity contribution is 7.99. The molecule has 0 unspecified atom stereocenters. The topological polar surface area (TPSA) is 50.2 Å². The van der Waals surface area contributed by atoms with Gasteiger partial charge in [0.1, 0.15) is 0 Å². The average Bonchev–Trinajstić information content (AvgIpc) is 3.32. The van der Waals surface area contributed by atoms with Gasteiger partial charge in [-0.25, -0.2) is 4.98 Å². The molecule has 2 aromatic rings. The number of carbonyl (C=O) groups excluding carboxylic acids is 1. The molecule has 29 heavy (non-hydrogen) atoms. The van der Waals surface area contributed by atoms with Crippen LogP contribution >= 0.6 is 23.1 Å². The summed E-state index contributed by atoms with van der Waals surface area (Å²) in [5.41, 5.74) is 4.07. The Morgan fingerprint density at radius 1 is 1.21 bits per heavy atom. The van der Waals surface area contributed by atoms with E-state index in [1.54, 1.807) is 11.3 Å². The molecule has 1 N–H and O–H groups in total. The summed E-state index contributed by atoms with van der Waals surface area (Å²) in [4.78, 5) is 20.2. The second-order valence-electron chi connectivity index (χ2n) is 8.43. The van der Waals surface area contributed by atoms with Crippen LogP contribution in [0.1, 0.15) is 68.0 Å². The fourth-order valence-corrected chi connectivity index (χ4v) is 6.24. The SMILES string of the molecule is Cc1c(C(=O)N2CCSCC2)cc(-c2csc(NC(C)C)n2)n1C1CCCCC1. The first-order valence-corrected chi connectivity index (χ1v) is 12.9. The van der Waals surface area contributed by atoms with Gasteiger partial charge < -0.3 is 14.8 Å². The predicted molar refractivity (Wildman–Crippen MR) is 124 cm³/mol. The summed E-state index contributed by atoms with van der Waals surface area (Å²) < 4.78 is 2.43. The summed E-state index contributed by atoms with van der Waals surface area (Å²) >= 11 is 3.58. The molecule has 7 heteroatoms. The molecule has 2 aliphatic rings. The lowest BCUT2D eigenvalue weighted by atomic mass is 9.95. The Balaban J connectivity index is 1.72. The molecule has 3 heterocycles. The van der Waals surface area contributed by atoms with Crippen LogP contribution in [0.5, 0.6) is 0 Å². The van der Waals surface area contributed by atoms with Crippen molar-refractivity contribution >= 4 is 34.1 Å². The summed E-state index contributed by atoms with van der Waals surface area (Å²) in [5.74, 6) is 2.27. The molecule has 0 aromatic carbocycles. The number of anilines is 1. The van der Waals surface area contributed by atoms with Gasteiger partial charge in [0.25, 0.3) is 5.91 Å². The summed E-state index contributed by atoms with van der Waals surface area (Å²) in [6.07, 6.45) is 6.25. The van der Waals surface area contributed by atoms with Crippen LogP contribution in [0.3, 0.4) is 0 Å². The zero-order valence-corrected chi connectivity index (χ0v) is 19.4. The van der Waals surface area contributed by atoms with Crippen LogP contribution in [-0.4, -0.2) is 51.0 Å². The van der Waals surface area contributed by atoms with Gasteiger partial charge in [-0.3, -0.25) is 4.79 Å². The zero-order valence-electron chi connectivity index (χ0n) is 17.7. The molecule has 1 saturated carbocycles. The minimum atomic E-state index is 0.189. The van der Waals surface area contributed by atoms with Crippen molar-refractivity contribution in [2.24, 2.45) is 0 Å². The normalized spacial score (nSPS) is 18.4. The van der Waals surface area contributed by atoms with Crippen LogP contribution < -0.4 is 5.32 Å². The van der Waals surface area contributed by atoms with E-state index in [9.17, 15) is 4.79 Å². The minimum Gasteiger partial charge on any atom is -0.359 e. The van der Waals surface area contributed by atoms with Gasteiger partial charge in [-0.15, -0.1) is 11.3 Å². The fourth-order valence-electron chi connectivity index (χ4n) is 4.49. The molecule has 1 amide bonds. The van der Waals surface area contributed by atoms with Crippen molar-refractivity contribution in [3.05, 3.63) is 22.7 Å². The number of amides is 1. The van der Waals surface area contributed by atoms with Crippen LogP contribution in [0.4, 0.5) is 5.13 Å². The molecule has 0 spiro atoms. The van der Waals surface area contributed by atoms with Gasteiger partial charge in [0.15, 0.2) is 5.13 Å². The number of nitrogens with zero attached hydrogens (tertiary/aromatic N) is 3.